The van der Waals surface area contributed by atoms with Crippen LogP contribution in [0.15, 0.2) is 29.8 Å². The zero-order valence-corrected chi connectivity index (χ0v) is 22.7. The van der Waals surface area contributed by atoms with Crippen molar-refractivity contribution in [3.05, 3.63) is 73.9 Å². The van der Waals surface area contributed by atoms with E-state index >= 15 is 0 Å². The monoisotopic (exact) mass is 533 g/mol. The van der Waals surface area contributed by atoms with Gasteiger partial charge in [0.1, 0.15) is 10.6 Å². The van der Waals surface area contributed by atoms with Crippen LogP contribution in [0.4, 0.5) is 5.69 Å². The van der Waals surface area contributed by atoms with Gasteiger partial charge in [0.2, 0.25) is 0 Å². The molecule has 9 heteroatoms. The van der Waals surface area contributed by atoms with Crippen molar-refractivity contribution >= 4 is 58.2 Å². The fourth-order valence-corrected chi connectivity index (χ4v) is 6.95. The lowest BCUT2D eigenvalue weighted by Crippen LogP contribution is -2.54. The van der Waals surface area contributed by atoms with E-state index < -0.39 is 17.8 Å². The van der Waals surface area contributed by atoms with Crippen molar-refractivity contribution in [2.75, 3.05) is 4.90 Å². The zero-order chi connectivity index (χ0) is 26.6. The number of aryl methyl sites for hydroxylation is 3. The molecule has 2 amide bonds. The molecule has 0 radical (unpaired) electrons. The summed E-state index contributed by atoms with van der Waals surface area (Å²) in [5.41, 5.74) is 6.06. The van der Waals surface area contributed by atoms with Crippen molar-refractivity contribution in [1.29, 1.82) is 0 Å². The number of carboxylic acid groups (broad SMARTS) is 1. The number of benzene rings is 1. The van der Waals surface area contributed by atoms with E-state index in [2.05, 4.69) is 5.32 Å². The maximum Gasteiger partial charge on any atom is 0.339 e. The first-order chi connectivity index (χ1) is 17.6. The standard InChI is InChI=1S/C28H27N3O4S2/c1-14-8-7-10-21(16(14)3)31-25(33)20(24(32)29-28(31)36)13-18-12-15(2)30(17(18)4)26-23(27(34)35)19-9-5-6-11-22(19)37-26/h7-8,10,12-13H,5-6,9,11H2,1-4H3,(H,34,35)(H,29,32,36)/b20-13+. The van der Waals surface area contributed by atoms with E-state index in [1.807, 2.05) is 50.5 Å². The van der Waals surface area contributed by atoms with Crippen molar-refractivity contribution in [2.45, 2.75) is 53.4 Å². The molecule has 0 spiro atoms. The van der Waals surface area contributed by atoms with Gasteiger partial charge < -0.3 is 9.67 Å². The van der Waals surface area contributed by atoms with Crippen LogP contribution < -0.4 is 10.2 Å². The Hall–Kier alpha value is -3.56. The molecule has 0 unspecified atom stereocenters. The highest BCUT2D eigenvalue weighted by Crippen LogP contribution is 2.39. The first-order valence-electron chi connectivity index (χ1n) is 12.1. The Morgan fingerprint density at radius 2 is 1.86 bits per heavy atom. The fraction of sp³-hybridized carbons (Fsp3) is 0.286. The number of hydrogen-bond acceptors (Lipinski definition) is 5. The number of amides is 2. The number of fused-ring (bicyclic) bond motifs is 1. The SMILES string of the molecule is Cc1cccc(N2C(=O)/C(=C/c3cc(C)n(-c4sc5c(c4C(=O)O)CCCC5)c3C)C(=O)NC2=S)c1C. The number of anilines is 1. The number of hydrogen-bond donors (Lipinski definition) is 2. The second-order valence-corrected chi connectivity index (χ2v) is 11.0. The van der Waals surface area contributed by atoms with Crippen molar-refractivity contribution < 1.29 is 19.5 Å². The Morgan fingerprint density at radius 1 is 1.14 bits per heavy atom. The Morgan fingerprint density at radius 3 is 2.59 bits per heavy atom. The van der Waals surface area contributed by atoms with E-state index in [4.69, 9.17) is 12.2 Å². The summed E-state index contributed by atoms with van der Waals surface area (Å²) in [6.07, 6.45) is 5.28. The van der Waals surface area contributed by atoms with E-state index in [0.717, 1.165) is 58.6 Å². The number of aromatic carboxylic acids is 1. The van der Waals surface area contributed by atoms with Crippen molar-refractivity contribution in [3.63, 3.8) is 0 Å². The average molecular weight is 534 g/mol. The zero-order valence-electron chi connectivity index (χ0n) is 21.1. The van der Waals surface area contributed by atoms with Gasteiger partial charge in [-0.3, -0.25) is 19.8 Å². The molecule has 2 N–H and O–H groups in total. The maximum atomic E-state index is 13.6. The molecule has 1 fully saturated rings. The molecule has 1 aromatic carbocycles. The second-order valence-electron chi connectivity index (χ2n) is 9.53. The number of carboxylic acids is 1. The van der Waals surface area contributed by atoms with Gasteiger partial charge in [-0.25, -0.2) is 4.79 Å². The number of carbonyl (C=O) groups is 3. The number of thiocarbonyl (C=S) groups is 1. The minimum Gasteiger partial charge on any atom is -0.478 e. The lowest BCUT2D eigenvalue weighted by molar-refractivity contribution is -0.122. The fourth-order valence-electron chi connectivity index (χ4n) is 5.19. The van der Waals surface area contributed by atoms with E-state index in [0.29, 0.717) is 21.8 Å². The molecule has 190 valence electrons. The van der Waals surface area contributed by atoms with Crippen LogP contribution in [-0.4, -0.2) is 32.6 Å². The van der Waals surface area contributed by atoms with Crippen LogP contribution in [0.25, 0.3) is 11.1 Å². The Bertz CT molecular complexity index is 1540. The van der Waals surface area contributed by atoms with Crippen LogP contribution in [0, 0.1) is 27.7 Å². The van der Waals surface area contributed by atoms with E-state index in [9.17, 15) is 19.5 Å². The van der Waals surface area contributed by atoms with Crippen LogP contribution in [0.3, 0.4) is 0 Å². The first kappa shape index (κ1) is 25.1. The highest BCUT2D eigenvalue weighted by atomic mass is 32.1. The molecule has 0 bridgehead atoms. The third-order valence-corrected chi connectivity index (χ3v) is 8.82. The number of rotatable bonds is 4. The van der Waals surface area contributed by atoms with Crippen molar-refractivity contribution in [1.82, 2.24) is 9.88 Å². The highest BCUT2D eigenvalue weighted by molar-refractivity contribution is 7.80. The molecule has 3 aromatic rings. The molecule has 7 nitrogen and oxygen atoms in total. The largest absolute Gasteiger partial charge is 0.478 e. The van der Waals surface area contributed by atoms with Crippen LogP contribution in [0.1, 0.15) is 61.7 Å². The minimum absolute atomic E-state index is 0.0290. The van der Waals surface area contributed by atoms with Gasteiger partial charge in [0.05, 0.1) is 11.3 Å². The van der Waals surface area contributed by atoms with Crippen LogP contribution >= 0.6 is 23.6 Å². The number of nitrogens with one attached hydrogen (secondary N) is 1. The third kappa shape index (κ3) is 4.12. The summed E-state index contributed by atoms with van der Waals surface area (Å²) in [6.45, 7) is 7.64. The molecule has 3 heterocycles. The van der Waals surface area contributed by atoms with Gasteiger partial charge in [-0.1, -0.05) is 12.1 Å². The quantitative estimate of drug-likeness (QED) is 0.274. The van der Waals surface area contributed by atoms with Gasteiger partial charge in [0, 0.05) is 16.3 Å². The van der Waals surface area contributed by atoms with E-state index in [1.54, 1.807) is 12.1 Å². The molecule has 1 saturated heterocycles. The van der Waals surface area contributed by atoms with Crippen molar-refractivity contribution in [3.8, 4) is 5.00 Å². The molecule has 0 atom stereocenters. The van der Waals surface area contributed by atoms with Crippen molar-refractivity contribution in [2.24, 2.45) is 0 Å². The Kier molecular flexibility index (Phi) is 6.37. The third-order valence-electron chi connectivity index (χ3n) is 7.26. The molecule has 1 aliphatic carbocycles. The van der Waals surface area contributed by atoms with E-state index in [-0.39, 0.29) is 10.7 Å². The number of thiophene rings is 1. The van der Waals surface area contributed by atoms with Crippen LogP contribution in [0.5, 0.6) is 0 Å². The Labute approximate surface area is 224 Å². The predicted octanol–water partition coefficient (Wildman–Crippen LogP) is 5.18. The predicted molar refractivity (Wildman–Crippen MR) is 149 cm³/mol. The summed E-state index contributed by atoms with van der Waals surface area (Å²) in [5.74, 6) is -1.98. The summed E-state index contributed by atoms with van der Waals surface area (Å²) in [7, 11) is 0. The number of carbonyl (C=O) groups excluding carboxylic acids is 2. The molecule has 0 saturated carbocycles. The lowest BCUT2D eigenvalue weighted by atomic mass is 9.95. The number of aromatic nitrogens is 1. The summed E-state index contributed by atoms with van der Waals surface area (Å²) >= 11 is 6.89. The molecule has 37 heavy (non-hydrogen) atoms. The number of nitrogens with zero attached hydrogens (tertiary/aromatic N) is 2. The van der Waals surface area contributed by atoms with Crippen LogP contribution in [0.2, 0.25) is 0 Å². The maximum absolute atomic E-state index is 13.6. The first-order valence-corrected chi connectivity index (χ1v) is 13.4. The van der Waals surface area contributed by atoms with Gasteiger partial charge in [0.25, 0.3) is 11.8 Å². The van der Waals surface area contributed by atoms with Gasteiger partial charge in [0.15, 0.2) is 5.11 Å². The smallest absolute Gasteiger partial charge is 0.339 e. The van der Waals surface area contributed by atoms with Gasteiger partial charge in [-0.2, -0.15) is 0 Å². The molecule has 2 aliphatic rings. The van der Waals surface area contributed by atoms with E-state index in [1.165, 1.54) is 16.2 Å². The highest BCUT2D eigenvalue weighted by Gasteiger charge is 2.36. The van der Waals surface area contributed by atoms with Gasteiger partial charge >= 0.3 is 5.97 Å². The molecule has 1 aliphatic heterocycles. The van der Waals surface area contributed by atoms with Crippen LogP contribution in [-0.2, 0) is 22.4 Å². The second kappa shape index (κ2) is 9.39. The minimum atomic E-state index is -0.929. The van der Waals surface area contributed by atoms with Gasteiger partial charge in [-0.05, 0) is 106 Å². The normalized spacial score (nSPS) is 16.8. The molecular weight excluding hydrogens is 506 g/mol. The average Bonchev–Trinajstić information content (AvgIpc) is 3.35. The summed E-state index contributed by atoms with van der Waals surface area (Å²) in [4.78, 5) is 41.3. The van der Waals surface area contributed by atoms with Gasteiger partial charge in [-0.15, -0.1) is 11.3 Å². The molecular formula is C28H27N3O4S2. The molecule has 5 rings (SSSR count). The summed E-state index contributed by atoms with van der Waals surface area (Å²) in [6, 6.07) is 7.48. The Balaban J connectivity index is 1.60. The topological polar surface area (TPSA) is 91.6 Å². The summed E-state index contributed by atoms with van der Waals surface area (Å²) in [5, 5.41) is 13.4. The lowest BCUT2D eigenvalue weighted by Gasteiger charge is -2.30. The molecule has 2 aromatic heterocycles. The summed E-state index contributed by atoms with van der Waals surface area (Å²) < 4.78 is 1.93.